The first-order chi connectivity index (χ1) is 10.3. The molecule has 0 spiro atoms. The largest absolute Gasteiger partial charge is 0.416 e. The fourth-order valence-corrected chi connectivity index (χ4v) is 25.1. The lowest BCUT2D eigenvalue weighted by Gasteiger charge is -2.51. The van der Waals surface area contributed by atoms with E-state index >= 15 is 0 Å². The molecule has 1 aliphatic carbocycles. The normalized spacial score (nSPS) is 30.7. The van der Waals surface area contributed by atoms with E-state index in [-0.39, 0.29) is 0 Å². The Kier molecular flexibility index (Phi) is 5.88. The molecule has 0 unspecified atom stereocenters. The Labute approximate surface area is 146 Å². The predicted octanol–water partition coefficient (Wildman–Crippen LogP) is 4.01. The average Bonchev–Trinajstić information content (AvgIpc) is 2.32. The van der Waals surface area contributed by atoms with E-state index in [2.05, 4.69) is 57.4 Å². The molecule has 0 amide bonds. The smallest absolute Gasteiger partial charge is 0.406 e. The van der Waals surface area contributed by atoms with Gasteiger partial charge in [0.25, 0.3) is 0 Å². The Hall–Kier alpha value is 0.668. The molecule has 2 fully saturated rings. The maximum absolute atomic E-state index is 6.70. The molecule has 2 aliphatic rings. The van der Waals surface area contributed by atoms with Gasteiger partial charge in [-0.3, -0.25) is 4.57 Å². The maximum atomic E-state index is 6.70. The van der Waals surface area contributed by atoms with Crippen LogP contribution >= 0.6 is 0 Å². The van der Waals surface area contributed by atoms with Gasteiger partial charge >= 0.3 is 34.4 Å². The summed E-state index contributed by atoms with van der Waals surface area (Å²) in [7, 11) is -7.08. The summed E-state index contributed by atoms with van der Waals surface area (Å²) in [4.78, 5) is 0. The van der Waals surface area contributed by atoms with Gasteiger partial charge < -0.3 is 16.5 Å². The van der Waals surface area contributed by atoms with E-state index in [0.717, 1.165) is 0 Å². The molecule has 0 atom stereocenters. The first kappa shape index (κ1) is 20.0. The Morgan fingerprint density at radius 3 is 1.48 bits per heavy atom. The van der Waals surface area contributed by atoms with Crippen LogP contribution in [0.25, 0.3) is 0 Å². The average molecular weight is 394 g/mol. The van der Waals surface area contributed by atoms with Crippen molar-refractivity contribution < 1.29 is 16.5 Å². The molecule has 1 saturated heterocycles. The second-order valence-electron chi connectivity index (χ2n) is 8.41. The Morgan fingerprint density at radius 1 is 0.652 bits per heavy atom. The van der Waals surface area contributed by atoms with Crippen molar-refractivity contribution in [2.24, 2.45) is 0 Å². The molecular weight excluding hydrogens is 359 g/mol. The third-order valence-electron chi connectivity index (χ3n) is 4.62. The van der Waals surface area contributed by atoms with Crippen LogP contribution < -0.4 is 0 Å². The summed E-state index contributed by atoms with van der Waals surface area (Å²) >= 11 is 0. The lowest BCUT2D eigenvalue weighted by Crippen LogP contribution is -2.71. The van der Waals surface area contributed by atoms with Crippen LogP contribution in [-0.2, 0) is 16.5 Å². The van der Waals surface area contributed by atoms with E-state index in [1.807, 2.05) is 0 Å². The van der Waals surface area contributed by atoms with Crippen LogP contribution in [0.2, 0.25) is 45.8 Å². The zero-order chi connectivity index (χ0) is 17.5. The monoisotopic (exact) mass is 393 g/mol. The molecule has 9 heteroatoms. The third kappa shape index (κ3) is 5.32. The van der Waals surface area contributed by atoms with Crippen molar-refractivity contribution in [1.29, 1.82) is 0 Å². The van der Waals surface area contributed by atoms with Crippen LogP contribution in [0.1, 0.15) is 32.1 Å². The second kappa shape index (κ2) is 6.76. The molecule has 5 nitrogen and oxygen atoms in total. The third-order valence-corrected chi connectivity index (χ3v) is 21.1. The minimum Gasteiger partial charge on any atom is -0.416 e. The van der Waals surface area contributed by atoms with Crippen molar-refractivity contribution in [1.82, 2.24) is 4.57 Å². The van der Waals surface area contributed by atoms with E-state index in [1.165, 1.54) is 32.1 Å². The van der Waals surface area contributed by atoms with E-state index < -0.39 is 34.4 Å². The van der Waals surface area contributed by atoms with Gasteiger partial charge in [0.2, 0.25) is 0 Å². The van der Waals surface area contributed by atoms with Crippen molar-refractivity contribution in [3.8, 4) is 0 Å². The molecule has 2 rings (SSSR count). The van der Waals surface area contributed by atoms with Gasteiger partial charge in [-0.05, 0) is 65.7 Å². The van der Waals surface area contributed by atoms with Gasteiger partial charge in [0.15, 0.2) is 0 Å². The summed E-state index contributed by atoms with van der Waals surface area (Å²) in [5, 5.41) is 0. The van der Waals surface area contributed by atoms with Gasteiger partial charge in [0, 0.05) is 6.04 Å². The lowest BCUT2D eigenvalue weighted by molar-refractivity contribution is 0.159. The SMILES string of the molecule is CN(C1CCCCC1)[Si]1(C)O[Si](C)(C)O[Si](C)(C)O[Si](C)(C)O1. The van der Waals surface area contributed by atoms with E-state index in [9.17, 15) is 0 Å². The maximum Gasteiger partial charge on any atom is 0.406 e. The molecule has 0 bridgehead atoms. The summed E-state index contributed by atoms with van der Waals surface area (Å²) in [6, 6.07) is 0.569. The summed E-state index contributed by atoms with van der Waals surface area (Å²) in [5.74, 6) is 0. The van der Waals surface area contributed by atoms with Gasteiger partial charge in [-0.1, -0.05) is 19.3 Å². The minimum atomic E-state index is -2.51. The highest BCUT2D eigenvalue weighted by molar-refractivity contribution is 6.92. The van der Waals surface area contributed by atoms with E-state index in [4.69, 9.17) is 16.5 Å². The fourth-order valence-electron chi connectivity index (χ4n) is 4.12. The van der Waals surface area contributed by atoms with Crippen LogP contribution in [0, 0.1) is 0 Å². The lowest BCUT2D eigenvalue weighted by atomic mass is 9.96. The molecule has 0 N–H and O–H groups in total. The molecule has 0 aromatic heterocycles. The van der Waals surface area contributed by atoms with Crippen molar-refractivity contribution in [3.05, 3.63) is 0 Å². The van der Waals surface area contributed by atoms with Crippen LogP contribution in [0.4, 0.5) is 0 Å². The minimum absolute atomic E-state index is 0.569. The second-order valence-corrected chi connectivity index (χ2v) is 22.6. The molecule has 0 radical (unpaired) electrons. The fraction of sp³-hybridized carbons (Fsp3) is 1.00. The number of rotatable bonds is 2. The summed E-state index contributed by atoms with van der Waals surface area (Å²) in [6.45, 7) is 14.9. The topological polar surface area (TPSA) is 40.2 Å². The van der Waals surface area contributed by atoms with Crippen molar-refractivity contribution >= 4 is 34.4 Å². The number of nitrogens with zero attached hydrogens (tertiary/aromatic N) is 1. The number of hydrogen-bond donors (Lipinski definition) is 0. The molecular formula is C14H35NO4Si4. The van der Waals surface area contributed by atoms with Gasteiger partial charge in [-0.25, -0.2) is 0 Å². The molecule has 0 aromatic carbocycles. The summed E-state index contributed by atoms with van der Waals surface area (Å²) in [6.07, 6.45) is 6.48. The first-order valence-corrected chi connectivity index (χ1v) is 19.6. The molecule has 1 saturated carbocycles. The van der Waals surface area contributed by atoms with Crippen LogP contribution in [0.3, 0.4) is 0 Å². The number of hydrogen-bond acceptors (Lipinski definition) is 5. The van der Waals surface area contributed by atoms with E-state index in [0.29, 0.717) is 6.04 Å². The van der Waals surface area contributed by atoms with Crippen LogP contribution in [0.5, 0.6) is 0 Å². The van der Waals surface area contributed by atoms with Gasteiger partial charge in [-0.15, -0.1) is 0 Å². The van der Waals surface area contributed by atoms with Gasteiger partial charge in [0.1, 0.15) is 0 Å². The van der Waals surface area contributed by atoms with Crippen molar-refractivity contribution in [2.45, 2.75) is 84.0 Å². The highest BCUT2D eigenvalue weighted by Crippen LogP contribution is 2.34. The molecule has 1 aliphatic heterocycles. The Morgan fingerprint density at radius 2 is 1.04 bits per heavy atom. The zero-order valence-corrected chi connectivity index (χ0v) is 20.2. The molecule has 23 heavy (non-hydrogen) atoms. The van der Waals surface area contributed by atoms with Crippen LogP contribution in [-0.4, -0.2) is 52.1 Å². The summed E-state index contributed by atoms with van der Waals surface area (Å²) < 4.78 is 28.7. The van der Waals surface area contributed by atoms with Crippen molar-refractivity contribution in [3.63, 3.8) is 0 Å². The molecule has 0 aromatic rings. The Bertz CT molecular complexity index is 405. The van der Waals surface area contributed by atoms with Crippen molar-refractivity contribution in [2.75, 3.05) is 7.05 Å². The molecule has 1 heterocycles. The van der Waals surface area contributed by atoms with Gasteiger partial charge in [0.05, 0.1) is 0 Å². The van der Waals surface area contributed by atoms with Gasteiger partial charge in [-0.2, -0.15) is 0 Å². The Balaban J connectivity index is 2.26. The predicted molar refractivity (Wildman–Crippen MR) is 103 cm³/mol. The van der Waals surface area contributed by atoms with Crippen LogP contribution in [0.15, 0.2) is 0 Å². The highest BCUT2D eigenvalue weighted by atomic mass is 28.5. The molecule has 136 valence electrons. The summed E-state index contributed by atoms with van der Waals surface area (Å²) in [5.41, 5.74) is 0. The highest BCUT2D eigenvalue weighted by Gasteiger charge is 2.55. The standard InChI is InChI=1S/C14H35NO4Si4/c1-15(14-12-10-9-11-13-14)23(8)18-21(4,5)16-20(2,3)17-22(6,7)19-23/h14H,9-13H2,1-8H3. The zero-order valence-electron chi connectivity index (χ0n) is 16.2. The van der Waals surface area contributed by atoms with E-state index in [1.54, 1.807) is 0 Å². The first-order valence-electron chi connectivity index (χ1n) is 8.88. The quantitative estimate of drug-likeness (QED) is 0.663.